The lowest BCUT2D eigenvalue weighted by molar-refractivity contribution is 0.0827. The molecule has 2 aromatic heterocycles. The highest BCUT2D eigenvalue weighted by molar-refractivity contribution is 5.93. The molecule has 218 valence electrons. The smallest absolute Gasteiger partial charge is 0.253 e. The van der Waals surface area contributed by atoms with Crippen LogP contribution in [0.15, 0.2) is 60.4 Å². The quantitative estimate of drug-likeness (QED) is 0.282. The fourth-order valence-electron chi connectivity index (χ4n) is 4.21. The molecule has 40 heavy (non-hydrogen) atoms. The molecule has 0 saturated heterocycles. The minimum absolute atomic E-state index is 0.0509. The van der Waals surface area contributed by atoms with Crippen molar-refractivity contribution in [2.45, 2.75) is 61.3 Å². The Morgan fingerprint density at radius 3 is 2.05 bits per heavy atom. The number of carbonyl (C=O) groups excluding carboxylic acids is 1. The molecule has 0 atom stereocenters. The van der Waals surface area contributed by atoms with Crippen molar-refractivity contribution in [3.63, 3.8) is 0 Å². The number of hydrogen-bond acceptors (Lipinski definition) is 5. The first-order chi connectivity index (χ1) is 19.2. The summed E-state index contributed by atoms with van der Waals surface area (Å²) >= 11 is 0. The van der Waals surface area contributed by atoms with E-state index in [1.54, 1.807) is 19.0 Å². The first kappa shape index (κ1) is 34.5. The third kappa shape index (κ3) is 11.3. The van der Waals surface area contributed by atoms with Crippen LogP contribution in [0.2, 0.25) is 0 Å². The number of amides is 1. The largest absolute Gasteiger partial charge is 0.373 e. The van der Waals surface area contributed by atoms with Gasteiger partial charge in [-0.1, -0.05) is 57.0 Å². The number of nitrogens with zero attached hydrogens (tertiary/aromatic N) is 4. The van der Waals surface area contributed by atoms with Gasteiger partial charge in [0.15, 0.2) is 0 Å². The minimum atomic E-state index is 0.0509. The van der Waals surface area contributed by atoms with Gasteiger partial charge in [-0.3, -0.25) is 14.7 Å². The number of anilines is 1. The number of pyridine rings is 2. The number of aromatic nitrogens is 2. The predicted octanol–water partition coefficient (Wildman–Crippen LogP) is 7.74. The molecule has 0 spiro atoms. The summed E-state index contributed by atoms with van der Waals surface area (Å²) in [5, 5.41) is 3.07. The standard InChI is InChI=1S/C22H32N4.C10H13NO.C2H6/c1-6-12-26(13-7-2)16-17(3)14-21-18(4)24-11-10-20(21)19-8-9-22(23-5)25-15-19;1-8-4-6-9(7-5-8)10(12)11(2)3;1-2/h8-11,14-15H,6-7,12-13,16H2,1-5H3,(H,23,25);4-7H,1-3H3;1-2H3/b17-14+;;. The first-order valence-corrected chi connectivity index (χ1v) is 14.5. The van der Waals surface area contributed by atoms with Crippen LogP contribution in [0.3, 0.4) is 0 Å². The van der Waals surface area contributed by atoms with Gasteiger partial charge in [0.25, 0.3) is 5.91 Å². The highest BCUT2D eigenvalue weighted by atomic mass is 16.2. The molecule has 0 aliphatic heterocycles. The van der Waals surface area contributed by atoms with Gasteiger partial charge in [-0.2, -0.15) is 0 Å². The minimum Gasteiger partial charge on any atom is -0.373 e. The second kappa shape index (κ2) is 18.7. The van der Waals surface area contributed by atoms with Crippen molar-refractivity contribution >= 4 is 17.8 Å². The summed E-state index contributed by atoms with van der Waals surface area (Å²) in [6, 6.07) is 13.8. The first-order valence-electron chi connectivity index (χ1n) is 14.5. The summed E-state index contributed by atoms with van der Waals surface area (Å²) < 4.78 is 0. The average Bonchev–Trinajstić information content (AvgIpc) is 2.96. The van der Waals surface area contributed by atoms with Gasteiger partial charge in [0.2, 0.25) is 0 Å². The van der Waals surface area contributed by atoms with E-state index in [9.17, 15) is 4.79 Å². The van der Waals surface area contributed by atoms with E-state index in [1.807, 2.05) is 70.5 Å². The van der Waals surface area contributed by atoms with Crippen molar-refractivity contribution in [3.05, 3.63) is 82.8 Å². The Bertz CT molecular complexity index is 1160. The molecule has 0 fully saturated rings. The molecule has 0 unspecified atom stereocenters. The summed E-state index contributed by atoms with van der Waals surface area (Å²) in [6.45, 7) is 18.1. The van der Waals surface area contributed by atoms with Gasteiger partial charge in [-0.25, -0.2) is 4.98 Å². The Labute approximate surface area is 243 Å². The summed E-state index contributed by atoms with van der Waals surface area (Å²) in [7, 11) is 5.39. The molecule has 0 aliphatic carbocycles. The monoisotopic (exact) mass is 545 g/mol. The van der Waals surface area contributed by atoms with E-state index in [0.29, 0.717) is 0 Å². The van der Waals surface area contributed by atoms with E-state index in [4.69, 9.17) is 0 Å². The molecule has 0 radical (unpaired) electrons. The second-order valence-corrected chi connectivity index (χ2v) is 9.87. The van der Waals surface area contributed by atoms with Gasteiger partial charge < -0.3 is 10.2 Å². The number of aryl methyl sites for hydroxylation is 2. The predicted molar refractivity (Wildman–Crippen MR) is 173 cm³/mol. The third-order valence-corrected chi connectivity index (χ3v) is 6.17. The molecule has 0 saturated carbocycles. The Morgan fingerprint density at radius 1 is 0.925 bits per heavy atom. The van der Waals surface area contributed by atoms with Crippen LogP contribution in [-0.4, -0.2) is 66.5 Å². The van der Waals surface area contributed by atoms with Crippen molar-refractivity contribution in [1.82, 2.24) is 19.8 Å². The molecule has 3 aromatic rings. The number of hydrogen-bond donors (Lipinski definition) is 1. The molecule has 2 heterocycles. The molecular formula is C34H51N5O. The maximum Gasteiger partial charge on any atom is 0.253 e. The molecule has 0 aliphatic rings. The maximum atomic E-state index is 11.4. The van der Waals surface area contributed by atoms with Gasteiger partial charge >= 0.3 is 0 Å². The van der Waals surface area contributed by atoms with Crippen LogP contribution in [-0.2, 0) is 0 Å². The van der Waals surface area contributed by atoms with Crippen LogP contribution in [0.4, 0.5) is 5.82 Å². The fourth-order valence-corrected chi connectivity index (χ4v) is 4.21. The second-order valence-electron chi connectivity index (χ2n) is 9.87. The summed E-state index contributed by atoms with van der Waals surface area (Å²) in [5.74, 6) is 0.928. The zero-order valence-electron chi connectivity index (χ0n) is 26.5. The number of benzene rings is 1. The highest BCUT2D eigenvalue weighted by Crippen LogP contribution is 2.27. The number of nitrogens with one attached hydrogen (secondary N) is 1. The van der Waals surface area contributed by atoms with Crippen LogP contribution < -0.4 is 5.32 Å². The topological polar surface area (TPSA) is 61.4 Å². The van der Waals surface area contributed by atoms with Gasteiger partial charge in [-0.15, -0.1) is 0 Å². The van der Waals surface area contributed by atoms with Gasteiger partial charge in [0.1, 0.15) is 5.82 Å². The molecule has 0 bridgehead atoms. The molecule has 1 aromatic carbocycles. The van der Waals surface area contributed by atoms with Crippen LogP contribution in [0, 0.1) is 13.8 Å². The van der Waals surface area contributed by atoms with E-state index >= 15 is 0 Å². The van der Waals surface area contributed by atoms with Crippen LogP contribution >= 0.6 is 0 Å². The molecule has 3 rings (SSSR count). The van der Waals surface area contributed by atoms with Crippen LogP contribution in [0.25, 0.3) is 17.2 Å². The lowest BCUT2D eigenvalue weighted by Gasteiger charge is -2.21. The zero-order valence-corrected chi connectivity index (χ0v) is 26.5. The summed E-state index contributed by atoms with van der Waals surface area (Å²) in [4.78, 5) is 24.5. The fraction of sp³-hybridized carbons (Fsp3) is 0.441. The Balaban J connectivity index is 0.000000477. The molecule has 1 N–H and O–H groups in total. The van der Waals surface area contributed by atoms with E-state index in [0.717, 1.165) is 42.3 Å². The van der Waals surface area contributed by atoms with Crippen molar-refractivity contribution in [2.24, 2.45) is 0 Å². The Morgan fingerprint density at radius 2 is 1.55 bits per heavy atom. The lowest BCUT2D eigenvalue weighted by atomic mass is 9.98. The normalized spacial score (nSPS) is 10.7. The maximum absolute atomic E-state index is 11.4. The van der Waals surface area contributed by atoms with E-state index in [1.165, 1.54) is 35.1 Å². The van der Waals surface area contributed by atoms with E-state index in [-0.39, 0.29) is 5.91 Å². The zero-order chi connectivity index (χ0) is 30.1. The average molecular weight is 546 g/mol. The van der Waals surface area contributed by atoms with Crippen molar-refractivity contribution in [2.75, 3.05) is 46.1 Å². The Hall–Kier alpha value is -3.51. The SMILES string of the molecule is CC.CCCN(CCC)C/C(C)=C/c1c(-c2ccc(NC)nc2)ccnc1C.Cc1ccc(C(=O)N(C)C)cc1. The number of carbonyl (C=O) groups is 1. The van der Waals surface area contributed by atoms with Gasteiger partial charge in [-0.05, 0) is 82.6 Å². The van der Waals surface area contributed by atoms with Crippen molar-refractivity contribution in [1.29, 1.82) is 0 Å². The Kier molecular flexibility index (Phi) is 16.2. The third-order valence-electron chi connectivity index (χ3n) is 6.17. The van der Waals surface area contributed by atoms with Crippen molar-refractivity contribution in [3.8, 4) is 11.1 Å². The summed E-state index contributed by atoms with van der Waals surface area (Å²) in [6.07, 6.45) is 8.47. The van der Waals surface area contributed by atoms with Gasteiger partial charge in [0.05, 0.1) is 0 Å². The molecule has 6 heteroatoms. The number of rotatable bonds is 10. The van der Waals surface area contributed by atoms with Gasteiger partial charge in [0, 0.05) is 62.5 Å². The molecular weight excluding hydrogens is 494 g/mol. The molecule has 1 amide bonds. The summed E-state index contributed by atoms with van der Waals surface area (Å²) in [5.41, 5.74) is 7.83. The van der Waals surface area contributed by atoms with Crippen LogP contribution in [0.1, 0.15) is 74.6 Å². The van der Waals surface area contributed by atoms with Crippen molar-refractivity contribution < 1.29 is 4.79 Å². The van der Waals surface area contributed by atoms with Crippen LogP contribution in [0.5, 0.6) is 0 Å². The highest BCUT2D eigenvalue weighted by Gasteiger charge is 2.10. The lowest BCUT2D eigenvalue weighted by Crippen LogP contribution is -2.27. The van der Waals surface area contributed by atoms with E-state index < -0.39 is 0 Å². The molecule has 6 nitrogen and oxygen atoms in total. The van der Waals surface area contributed by atoms with E-state index in [2.05, 4.69) is 66.1 Å².